The maximum atomic E-state index is 12.9. The van der Waals surface area contributed by atoms with Crippen molar-refractivity contribution in [3.05, 3.63) is 35.5 Å². The van der Waals surface area contributed by atoms with Crippen molar-refractivity contribution in [2.75, 3.05) is 43.1 Å². The van der Waals surface area contributed by atoms with Gasteiger partial charge in [-0.05, 0) is 50.5 Å². The van der Waals surface area contributed by atoms with Gasteiger partial charge in [-0.2, -0.15) is 0 Å². The zero-order chi connectivity index (χ0) is 25.8. The molecule has 0 saturated carbocycles. The van der Waals surface area contributed by atoms with E-state index in [1.807, 2.05) is 45.0 Å². The molecule has 10 heteroatoms. The molecule has 1 saturated heterocycles. The van der Waals surface area contributed by atoms with Gasteiger partial charge in [0.05, 0.1) is 31.5 Å². The van der Waals surface area contributed by atoms with Crippen molar-refractivity contribution in [3.8, 4) is 11.4 Å². The number of aliphatic hydroxyl groups is 1. The van der Waals surface area contributed by atoms with Crippen molar-refractivity contribution in [2.24, 2.45) is 5.92 Å². The predicted molar refractivity (Wildman–Crippen MR) is 138 cm³/mol. The van der Waals surface area contributed by atoms with E-state index in [1.54, 1.807) is 4.90 Å². The predicted octanol–water partition coefficient (Wildman–Crippen LogP) is 2.41. The molecule has 2 aliphatic rings. The average molecular weight is 497 g/mol. The Kier molecular flexibility index (Phi) is 8.05. The highest BCUT2D eigenvalue weighted by atomic mass is 16.5. The number of carbonyl (C=O) groups excluding carboxylic acids is 2. The van der Waals surface area contributed by atoms with Crippen LogP contribution >= 0.6 is 0 Å². The number of morpholine rings is 1. The molecule has 1 aromatic heterocycles. The van der Waals surface area contributed by atoms with E-state index >= 15 is 0 Å². The first kappa shape index (κ1) is 25.8. The third-order valence-electron chi connectivity index (χ3n) is 6.62. The normalized spacial score (nSPS) is 18.6. The smallest absolute Gasteiger partial charge is 0.319 e. The van der Waals surface area contributed by atoms with Crippen LogP contribution in [0.1, 0.15) is 39.0 Å². The van der Waals surface area contributed by atoms with Crippen LogP contribution < -0.4 is 15.5 Å². The summed E-state index contributed by atoms with van der Waals surface area (Å²) in [4.78, 5) is 38.5. The van der Waals surface area contributed by atoms with Gasteiger partial charge in [-0.25, -0.2) is 14.8 Å². The SMILES string of the molecule is CCNC(=O)Nc1ccc(-c2nc3c(c(N4CCOC[C@@H]4C)n2)CCN(C(=O)[C@H](O)C(C)C)C3)cc1. The van der Waals surface area contributed by atoms with Crippen LogP contribution in [0, 0.1) is 5.92 Å². The lowest BCUT2D eigenvalue weighted by Crippen LogP contribution is -2.47. The minimum Gasteiger partial charge on any atom is -0.383 e. The van der Waals surface area contributed by atoms with Gasteiger partial charge in [0.25, 0.3) is 5.91 Å². The second-order valence-electron chi connectivity index (χ2n) is 9.67. The summed E-state index contributed by atoms with van der Waals surface area (Å²) < 4.78 is 5.65. The van der Waals surface area contributed by atoms with Crippen molar-refractivity contribution < 1.29 is 19.4 Å². The zero-order valence-electron chi connectivity index (χ0n) is 21.5. The van der Waals surface area contributed by atoms with Crippen LogP contribution in [0.4, 0.5) is 16.3 Å². The van der Waals surface area contributed by atoms with E-state index in [2.05, 4.69) is 22.5 Å². The van der Waals surface area contributed by atoms with Crippen LogP contribution in [0.2, 0.25) is 0 Å². The van der Waals surface area contributed by atoms with Crippen LogP contribution in [0.3, 0.4) is 0 Å². The fourth-order valence-corrected chi connectivity index (χ4v) is 4.52. The number of anilines is 2. The molecule has 3 N–H and O–H groups in total. The van der Waals surface area contributed by atoms with E-state index in [0.717, 1.165) is 29.2 Å². The highest BCUT2D eigenvalue weighted by molar-refractivity contribution is 5.89. The van der Waals surface area contributed by atoms with E-state index in [0.29, 0.717) is 50.8 Å². The van der Waals surface area contributed by atoms with Gasteiger partial charge in [0.15, 0.2) is 5.82 Å². The number of carbonyl (C=O) groups is 2. The minimum absolute atomic E-state index is 0.156. The van der Waals surface area contributed by atoms with Gasteiger partial charge in [0, 0.05) is 36.4 Å². The molecule has 1 aromatic carbocycles. The monoisotopic (exact) mass is 496 g/mol. The maximum Gasteiger partial charge on any atom is 0.319 e. The number of hydrogen-bond donors (Lipinski definition) is 3. The third kappa shape index (κ3) is 5.60. The summed E-state index contributed by atoms with van der Waals surface area (Å²) in [6.45, 7) is 11.0. The number of aliphatic hydroxyl groups excluding tert-OH is 1. The van der Waals surface area contributed by atoms with E-state index in [4.69, 9.17) is 14.7 Å². The lowest BCUT2D eigenvalue weighted by molar-refractivity contribution is -0.143. The molecule has 3 heterocycles. The molecule has 36 heavy (non-hydrogen) atoms. The summed E-state index contributed by atoms with van der Waals surface area (Å²) in [6.07, 6.45) is -0.405. The van der Waals surface area contributed by atoms with E-state index in [9.17, 15) is 14.7 Å². The molecule has 194 valence electrons. The molecule has 0 unspecified atom stereocenters. The number of ether oxygens (including phenoxy) is 1. The highest BCUT2D eigenvalue weighted by Crippen LogP contribution is 2.32. The molecule has 4 rings (SSSR count). The number of urea groups is 1. The summed E-state index contributed by atoms with van der Waals surface area (Å²) >= 11 is 0. The first-order valence-electron chi connectivity index (χ1n) is 12.6. The second kappa shape index (κ2) is 11.2. The van der Waals surface area contributed by atoms with Crippen LogP contribution in [0.5, 0.6) is 0 Å². The highest BCUT2D eigenvalue weighted by Gasteiger charge is 2.32. The summed E-state index contributed by atoms with van der Waals surface area (Å²) in [5, 5.41) is 15.9. The molecule has 0 radical (unpaired) electrons. The number of hydrogen-bond acceptors (Lipinski definition) is 7. The molecule has 0 spiro atoms. The molecule has 10 nitrogen and oxygen atoms in total. The van der Waals surface area contributed by atoms with Crippen LogP contribution in [-0.2, 0) is 22.5 Å². The number of benzene rings is 1. The topological polar surface area (TPSA) is 120 Å². The Hall–Kier alpha value is -3.24. The van der Waals surface area contributed by atoms with E-state index < -0.39 is 6.10 Å². The number of rotatable bonds is 6. The lowest BCUT2D eigenvalue weighted by atomic mass is 10.0. The lowest BCUT2D eigenvalue weighted by Gasteiger charge is -2.38. The number of nitrogens with zero attached hydrogens (tertiary/aromatic N) is 4. The van der Waals surface area contributed by atoms with Crippen molar-refractivity contribution in [3.63, 3.8) is 0 Å². The van der Waals surface area contributed by atoms with Crippen molar-refractivity contribution in [1.29, 1.82) is 0 Å². The van der Waals surface area contributed by atoms with Gasteiger partial charge < -0.3 is 30.3 Å². The van der Waals surface area contributed by atoms with Gasteiger partial charge in [0.2, 0.25) is 0 Å². The number of nitrogens with one attached hydrogen (secondary N) is 2. The van der Waals surface area contributed by atoms with Gasteiger partial charge >= 0.3 is 6.03 Å². The molecular formula is C26H36N6O4. The van der Waals surface area contributed by atoms with Crippen LogP contribution in [0.25, 0.3) is 11.4 Å². The van der Waals surface area contributed by atoms with Crippen molar-refractivity contribution >= 4 is 23.4 Å². The Morgan fingerprint density at radius 3 is 2.61 bits per heavy atom. The molecular weight excluding hydrogens is 460 g/mol. The zero-order valence-corrected chi connectivity index (χ0v) is 21.5. The summed E-state index contributed by atoms with van der Waals surface area (Å²) in [6, 6.07) is 7.30. The number of aromatic nitrogens is 2. The Morgan fingerprint density at radius 1 is 1.19 bits per heavy atom. The minimum atomic E-state index is -1.03. The van der Waals surface area contributed by atoms with Crippen LogP contribution in [0.15, 0.2) is 24.3 Å². The largest absolute Gasteiger partial charge is 0.383 e. The molecule has 0 bridgehead atoms. The van der Waals surface area contributed by atoms with Gasteiger partial charge in [-0.15, -0.1) is 0 Å². The quantitative estimate of drug-likeness (QED) is 0.562. The summed E-state index contributed by atoms with van der Waals surface area (Å²) in [5.41, 5.74) is 3.33. The van der Waals surface area contributed by atoms with Gasteiger partial charge in [-0.1, -0.05) is 13.8 Å². The van der Waals surface area contributed by atoms with Crippen molar-refractivity contribution in [1.82, 2.24) is 20.2 Å². The van der Waals surface area contributed by atoms with E-state index in [1.165, 1.54) is 0 Å². The van der Waals surface area contributed by atoms with Gasteiger partial charge in [-0.3, -0.25) is 4.79 Å². The Labute approximate surface area is 212 Å². The third-order valence-corrected chi connectivity index (χ3v) is 6.62. The fourth-order valence-electron chi connectivity index (χ4n) is 4.52. The summed E-state index contributed by atoms with van der Waals surface area (Å²) in [5.74, 6) is 1.02. The molecule has 3 amide bonds. The fraction of sp³-hybridized carbons (Fsp3) is 0.538. The second-order valence-corrected chi connectivity index (χ2v) is 9.67. The molecule has 2 atom stereocenters. The maximum absolute atomic E-state index is 12.9. The van der Waals surface area contributed by atoms with Crippen molar-refractivity contribution in [2.45, 2.75) is 52.8 Å². The van der Waals surface area contributed by atoms with Gasteiger partial charge in [0.1, 0.15) is 11.9 Å². The molecule has 2 aliphatic heterocycles. The molecule has 2 aromatic rings. The number of amides is 3. The first-order valence-corrected chi connectivity index (χ1v) is 12.6. The Morgan fingerprint density at radius 2 is 1.94 bits per heavy atom. The van der Waals surface area contributed by atoms with E-state index in [-0.39, 0.29) is 23.9 Å². The van der Waals surface area contributed by atoms with Crippen LogP contribution in [-0.4, -0.2) is 76.9 Å². The summed E-state index contributed by atoms with van der Waals surface area (Å²) in [7, 11) is 0. The molecule has 1 fully saturated rings. The molecule has 0 aliphatic carbocycles. The average Bonchev–Trinajstić information content (AvgIpc) is 2.87. The number of fused-ring (bicyclic) bond motifs is 1. The standard InChI is InChI=1S/C26H36N6O4/c1-5-27-26(35)28-19-8-6-18(7-9-19)23-29-21-14-31(25(34)22(33)16(2)3)11-10-20(21)24(30-23)32-12-13-36-15-17(32)4/h6-9,16-17,22,33H,5,10-15H2,1-4H3,(H2,27,28,35)/t17-,22+/m0/s1. The Balaban J connectivity index is 1.68. The Bertz CT molecular complexity index is 1090. The first-order chi connectivity index (χ1) is 17.3.